The van der Waals surface area contributed by atoms with Gasteiger partial charge in [0.15, 0.2) is 5.82 Å². The molecule has 0 bridgehead atoms. The third-order valence-corrected chi connectivity index (χ3v) is 5.85. The quantitative estimate of drug-likeness (QED) is 0.350. The van der Waals surface area contributed by atoms with Crippen molar-refractivity contribution in [3.05, 3.63) is 35.9 Å². The van der Waals surface area contributed by atoms with Crippen molar-refractivity contribution in [2.45, 2.75) is 4.90 Å². The molecule has 1 aromatic heterocycles. The molecule has 1 heterocycles. The molecule has 0 aliphatic carbocycles. The molecule has 174 valence electrons. The van der Waals surface area contributed by atoms with Crippen LogP contribution >= 0.6 is 25.6 Å². The van der Waals surface area contributed by atoms with Crippen LogP contribution in [0.1, 0.15) is 5.56 Å². The molecule has 2 aromatic rings. The normalized spacial score (nSPS) is 11.0. The Morgan fingerprint density at radius 3 is 2.50 bits per heavy atom. The first kappa shape index (κ1) is 27.3. The zero-order valence-electron chi connectivity index (χ0n) is 18.1. The van der Waals surface area contributed by atoms with Gasteiger partial charge in [-0.05, 0) is 26.2 Å². The van der Waals surface area contributed by atoms with E-state index in [1.54, 1.807) is 41.9 Å². The molecule has 0 fully saturated rings. The molecule has 0 aliphatic heterocycles. The van der Waals surface area contributed by atoms with Gasteiger partial charge >= 0.3 is 6.03 Å². The molecule has 0 saturated heterocycles. The Morgan fingerprint density at radius 1 is 1.22 bits per heavy atom. The van der Waals surface area contributed by atoms with Crippen LogP contribution in [0.4, 0.5) is 16.3 Å². The van der Waals surface area contributed by atoms with Crippen LogP contribution in [0.2, 0.25) is 0 Å². The van der Waals surface area contributed by atoms with Crippen molar-refractivity contribution in [1.29, 1.82) is 5.26 Å². The molecule has 11 nitrogen and oxygen atoms in total. The average molecular weight is 500 g/mol. The summed E-state index contributed by atoms with van der Waals surface area (Å²) in [6, 6.07) is 9.95. The summed E-state index contributed by atoms with van der Waals surface area (Å²) in [6.45, 7) is 0. The number of rotatable bonds is 9. The van der Waals surface area contributed by atoms with E-state index < -0.39 is 17.0 Å². The van der Waals surface area contributed by atoms with Crippen molar-refractivity contribution in [2.24, 2.45) is 0 Å². The number of nitriles is 1. The minimum atomic E-state index is -1.33. The van der Waals surface area contributed by atoms with Crippen molar-refractivity contribution in [2.75, 3.05) is 45.0 Å². The highest BCUT2D eigenvalue weighted by molar-refractivity contribution is 7.98. The maximum absolute atomic E-state index is 12.5. The Morgan fingerprint density at radius 2 is 1.91 bits per heavy atom. The van der Waals surface area contributed by atoms with Crippen molar-refractivity contribution >= 4 is 54.2 Å². The molecule has 0 spiro atoms. The van der Waals surface area contributed by atoms with Gasteiger partial charge in [0, 0.05) is 13.1 Å². The molecule has 3 N–H and O–H groups in total. The molecule has 1 atom stereocenters. The lowest BCUT2D eigenvalue weighted by Crippen LogP contribution is -2.38. The van der Waals surface area contributed by atoms with Gasteiger partial charge in [0.2, 0.25) is 5.88 Å². The van der Waals surface area contributed by atoms with E-state index in [9.17, 15) is 14.3 Å². The Bertz CT molecular complexity index is 1000. The van der Waals surface area contributed by atoms with E-state index in [4.69, 9.17) is 9.47 Å². The van der Waals surface area contributed by atoms with Crippen LogP contribution in [0.25, 0.3) is 0 Å². The van der Waals surface area contributed by atoms with E-state index in [1.807, 2.05) is 18.2 Å². The number of nitrogens with one attached hydrogen (secondary N) is 3. The molecule has 2 amide bonds. The summed E-state index contributed by atoms with van der Waals surface area (Å²) in [5, 5.41) is 11.8. The molecular formula is C18H25N7O4S3. The monoisotopic (exact) mass is 499 g/mol. The smallest absolute Gasteiger partial charge is 0.335 e. The largest absolute Gasteiger partial charge is 0.495 e. The number of anilines is 2. The predicted octanol–water partition coefficient (Wildman–Crippen LogP) is 1.99. The lowest BCUT2D eigenvalue weighted by atomic mass is 10.2. The number of hydrogen-bond donors (Lipinski definition) is 3. The average Bonchev–Trinajstić information content (AvgIpc) is 2.77. The van der Waals surface area contributed by atoms with Crippen LogP contribution in [0.5, 0.6) is 11.6 Å². The van der Waals surface area contributed by atoms with Crippen LogP contribution in [0, 0.1) is 11.3 Å². The molecule has 2 rings (SSSR count). The van der Waals surface area contributed by atoms with Gasteiger partial charge in [-0.2, -0.15) is 28.6 Å². The number of nitrogens with zero attached hydrogens (tertiary/aromatic N) is 4. The highest BCUT2D eigenvalue weighted by Gasteiger charge is 2.17. The zero-order valence-corrected chi connectivity index (χ0v) is 20.8. The minimum Gasteiger partial charge on any atom is -0.495 e. The number of hydrazine groups is 1. The summed E-state index contributed by atoms with van der Waals surface area (Å²) >= 11 is 1.06. The summed E-state index contributed by atoms with van der Waals surface area (Å²) in [5.74, 6) is 0.388. The number of benzene rings is 1. The Labute approximate surface area is 200 Å². The summed E-state index contributed by atoms with van der Waals surface area (Å²) in [6.07, 6.45) is 0. The maximum Gasteiger partial charge on any atom is 0.335 e. The standard InChI is InChI=1S/C18H23N7O4S2.H2S/c1-24(2)31(27)15-9-7-6-8-13(15)25(3)30-23-22-18(26)21-17-12(11-19)14(28-4)10-16(20-17)29-5;/h6-10,23H,1-5H3,(H2,20,21,22,26);1H2. The summed E-state index contributed by atoms with van der Waals surface area (Å²) in [5.41, 5.74) is 3.20. The van der Waals surface area contributed by atoms with E-state index in [2.05, 4.69) is 20.6 Å². The van der Waals surface area contributed by atoms with E-state index >= 15 is 0 Å². The van der Waals surface area contributed by atoms with Gasteiger partial charge in [0.05, 0.1) is 36.9 Å². The number of carbonyl (C=O) groups excluding carboxylic acids is 1. The van der Waals surface area contributed by atoms with Gasteiger partial charge in [-0.15, -0.1) is 0 Å². The highest BCUT2D eigenvalue weighted by Crippen LogP contribution is 2.29. The van der Waals surface area contributed by atoms with Gasteiger partial charge < -0.3 is 13.8 Å². The van der Waals surface area contributed by atoms with Crippen LogP contribution in [0.3, 0.4) is 0 Å². The van der Waals surface area contributed by atoms with E-state index in [0.29, 0.717) is 10.6 Å². The third kappa shape index (κ3) is 6.90. The summed E-state index contributed by atoms with van der Waals surface area (Å²) in [7, 11) is 6.68. The van der Waals surface area contributed by atoms with Crippen LogP contribution < -0.4 is 29.4 Å². The SMILES string of the molecule is COc1cc(OC)c(C#N)c(NC(=O)NNSN(C)c2ccccc2S(=O)N(C)C)n1.S. The lowest BCUT2D eigenvalue weighted by Gasteiger charge is -2.22. The van der Waals surface area contributed by atoms with Gasteiger partial charge in [-0.3, -0.25) is 10.7 Å². The Kier molecular flexibility index (Phi) is 11.1. The number of urea groups is 1. The molecule has 14 heteroatoms. The molecule has 0 aliphatic rings. The molecular weight excluding hydrogens is 474 g/mol. The van der Waals surface area contributed by atoms with E-state index in [-0.39, 0.29) is 36.5 Å². The maximum atomic E-state index is 12.5. The van der Waals surface area contributed by atoms with Gasteiger partial charge in [-0.1, -0.05) is 12.1 Å². The molecule has 32 heavy (non-hydrogen) atoms. The fraction of sp³-hybridized carbons (Fsp3) is 0.278. The summed E-state index contributed by atoms with van der Waals surface area (Å²) in [4.78, 5) is 19.6. The van der Waals surface area contributed by atoms with Crippen molar-refractivity contribution in [3.63, 3.8) is 0 Å². The van der Waals surface area contributed by atoms with Crippen LogP contribution in [0.15, 0.2) is 35.2 Å². The molecule has 1 aromatic carbocycles. The number of methoxy groups -OCH3 is 2. The van der Waals surface area contributed by atoms with Crippen molar-refractivity contribution in [1.82, 2.24) is 19.5 Å². The van der Waals surface area contributed by atoms with E-state index in [1.165, 1.54) is 20.3 Å². The Hall–Kier alpha value is -2.70. The van der Waals surface area contributed by atoms with Gasteiger partial charge in [0.25, 0.3) is 0 Å². The number of amides is 2. The van der Waals surface area contributed by atoms with Crippen LogP contribution in [-0.4, -0.2) is 54.9 Å². The number of pyridine rings is 1. The second kappa shape index (κ2) is 13.0. The number of ether oxygens (including phenoxy) is 2. The lowest BCUT2D eigenvalue weighted by molar-refractivity contribution is 0.251. The fourth-order valence-electron chi connectivity index (χ4n) is 2.35. The van der Waals surface area contributed by atoms with Crippen molar-refractivity contribution in [3.8, 4) is 17.7 Å². The minimum absolute atomic E-state index is 0. The number of carbonyl (C=O) groups is 1. The van der Waals surface area contributed by atoms with Gasteiger partial charge in [-0.25, -0.2) is 13.3 Å². The van der Waals surface area contributed by atoms with Gasteiger partial charge in [0.1, 0.15) is 28.4 Å². The molecule has 0 saturated carbocycles. The first-order valence-electron chi connectivity index (χ1n) is 8.76. The number of para-hydroxylation sites is 1. The van der Waals surface area contributed by atoms with Crippen LogP contribution in [-0.2, 0) is 11.0 Å². The summed E-state index contributed by atoms with van der Waals surface area (Å²) < 4.78 is 26.0. The third-order valence-electron chi connectivity index (χ3n) is 3.80. The number of aromatic nitrogens is 1. The fourth-order valence-corrected chi connectivity index (χ4v) is 3.91. The van der Waals surface area contributed by atoms with Crippen molar-refractivity contribution < 1.29 is 18.5 Å². The highest BCUT2D eigenvalue weighted by atomic mass is 32.2. The van der Waals surface area contributed by atoms with E-state index in [0.717, 1.165) is 12.1 Å². The first-order valence-corrected chi connectivity index (χ1v) is 10.6. The second-order valence-electron chi connectivity index (χ2n) is 6.00. The predicted molar refractivity (Wildman–Crippen MR) is 130 cm³/mol. The zero-order chi connectivity index (χ0) is 23.0. The first-order chi connectivity index (χ1) is 14.8. The number of hydrogen-bond acceptors (Lipinski definition) is 9. The molecule has 0 radical (unpaired) electrons. The Balaban J connectivity index is 0.00000512. The second-order valence-corrected chi connectivity index (χ2v) is 8.60. The topological polar surface area (TPSA) is 132 Å². The molecule has 1 unspecified atom stereocenters.